The summed E-state index contributed by atoms with van der Waals surface area (Å²) in [5, 5.41) is 3.73. The molecule has 160 valence electrons. The number of benzene rings is 2. The van der Waals surface area contributed by atoms with E-state index in [4.69, 9.17) is 20.8 Å². The highest BCUT2D eigenvalue weighted by molar-refractivity contribution is 6.31. The van der Waals surface area contributed by atoms with E-state index < -0.39 is 23.5 Å². The zero-order chi connectivity index (χ0) is 22.4. The number of para-hydroxylation sites is 1. The van der Waals surface area contributed by atoms with Crippen molar-refractivity contribution in [2.24, 2.45) is 0 Å². The zero-order valence-corrected chi connectivity index (χ0v) is 17.8. The number of carbonyl (C=O) groups is 2. The Morgan fingerprint density at radius 1 is 1.23 bits per heavy atom. The van der Waals surface area contributed by atoms with Gasteiger partial charge in [-0.15, -0.1) is 6.58 Å². The molecule has 1 amide bonds. The number of allylic oxidation sites excluding steroid dienone is 1. The Kier molecular flexibility index (Phi) is 7.26. The maximum absolute atomic E-state index is 13.0. The smallest absolute Gasteiger partial charge is 0.349 e. The number of carbonyl (C=O) groups excluding carboxylic acids is 2. The number of hydrogen-bond donors (Lipinski definition) is 1. The molecular formula is C24H22ClNO5. The van der Waals surface area contributed by atoms with Gasteiger partial charge in [0, 0.05) is 10.4 Å². The highest BCUT2D eigenvalue weighted by Gasteiger charge is 2.24. The quantitative estimate of drug-likeness (QED) is 0.315. The van der Waals surface area contributed by atoms with Crippen LogP contribution in [0, 0.1) is 0 Å². The first kappa shape index (κ1) is 22.3. The standard InChI is InChI=1S/C24H22ClNO5/c1-3-8-15-9-7-10-16-13-18(24(29)31-22(15)16)23(28)26-20(14-21(27)30-4-2)17-11-5-6-12-19(17)25/h3,5-7,9-13,20H,1,4,8,14H2,2H3,(H,26,28)/t20-/m1/s1. The number of nitrogens with one attached hydrogen (secondary N) is 1. The Morgan fingerprint density at radius 3 is 2.71 bits per heavy atom. The second-order valence-electron chi connectivity index (χ2n) is 6.83. The van der Waals surface area contributed by atoms with Gasteiger partial charge in [0.1, 0.15) is 11.1 Å². The molecule has 1 N–H and O–H groups in total. The third kappa shape index (κ3) is 5.22. The number of halogens is 1. The van der Waals surface area contributed by atoms with E-state index >= 15 is 0 Å². The fraction of sp³-hybridized carbons (Fsp3) is 0.208. The first-order valence-electron chi connectivity index (χ1n) is 9.82. The molecule has 3 rings (SSSR count). The fourth-order valence-corrected chi connectivity index (χ4v) is 3.57. The summed E-state index contributed by atoms with van der Waals surface area (Å²) in [5.41, 5.74) is 0.828. The Hall–Kier alpha value is -3.38. The monoisotopic (exact) mass is 439 g/mol. The van der Waals surface area contributed by atoms with Gasteiger partial charge in [-0.2, -0.15) is 0 Å². The lowest BCUT2D eigenvalue weighted by Crippen LogP contribution is -2.33. The molecule has 0 saturated carbocycles. The number of hydrogen-bond acceptors (Lipinski definition) is 5. The van der Waals surface area contributed by atoms with Crippen LogP contribution in [0.4, 0.5) is 0 Å². The first-order valence-corrected chi connectivity index (χ1v) is 10.2. The predicted octanol–water partition coefficient (Wildman–Crippen LogP) is 4.60. The maximum atomic E-state index is 13.0. The van der Waals surface area contributed by atoms with E-state index in [0.717, 1.165) is 5.56 Å². The number of amides is 1. The highest BCUT2D eigenvalue weighted by atomic mass is 35.5. The molecule has 0 fully saturated rings. The molecule has 0 saturated heterocycles. The minimum atomic E-state index is -0.776. The van der Waals surface area contributed by atoms with Crippen LogP contribution >= 0.6 is 11.6 Å². The Labute approximate surface area is 184 Å². The number of rotatable bonds is 8. The van der Waals surface area contributed by atoms with Crippen LogP contribution in [0.25, 0.3) is 11.0 Å². The van der Waals surface area contributed by atoms with Gasteiger partial charge in [0.05, 0.1) is 19.1 Å². The molecular weight excluding hydrogens is 418 g/mol. The van der Waals surface area contributed by atoms with Crippen LogP contribution in [-0.2, 0) is 16.0 Å². The predicted molar refractivity (Wildman–Crippen MR) is 119 cm³/mol. The zero-order valence-electron chi connectivity index (χ0n) is 17.0. The molecule has 6 nitrogen and oxygen atoms in total. The van der Waals surface area contributed by atoms with Crippen LogP contribution in [0.2, 0.25) is 5.02 Å². The van der Waals surface area contributed by atoms with Gasteiger partial charge >= 0.3 is 11.6 Å². The third-order valence-electron chi connectivity index (χ3n) is 4.71. The van der Waals surface area contributed by atoms with Crippen LogP contribution in [0.5, 0.6) is 0 Å². The van der Waals surface area contributed by atoms with Crippen LogP contribution in [0.15, 0.2) is 70.4 Å². The van der Waals surface area contributed by atoms with E-state index in [1.807, 2.05) is 12.1 Å². The summed E-state index contributed by atoms with van der Waals surface area (Å²) in [5.74, 6) is -1.16. The third-order valence-corrected chi connectivity index (χ3v) is 5.06. The van der Waals surface area contributed by atoms with Crippen LogP contribution < -0.4 is 10.9 Å². The summed E-state index contributed by atoms with van der Waals surface area (Å²) in [7, 11) is 0. The average molecular weight is 440 g/mol. The number of ether oxygens (including phenoxy) is 1. The second-order valence-corrected chi connectivity index (χ2v) is 7.24. The molecule has 31 heavy (non-hydrogen) atoms. The molecule has 1 aromatic heterocycles. The number of fused-ring (bicyclic) bond motifs is 1. The van der Waals surface area contributed by atoms with Crippen molar-refractivity contribution in [1.82, 2.24) is 5.32 Å². The van der Waals surface area contributed by atoms with E-state index in [1.54, 1.807) is 43.3 Å². The van der Waals surface area contributed by atoms with E-state index in [9.17, 15) is 14.4 Å². The van der Waals surface area contributed by atoms with Gasteiger partial charge in [-0.3, -0.25) is 9.59 Å². The highest BCUT2D eigenvalue weighted by Crippen LogP contribution is 2.26. The average Bonchev–Trinajstić information content (AvgIpc) is 2.74. The molecule has 0 aliphatic carbocycles. The lowest BCUT2D eigenvalue weighted by molar-refractivity contribution is -0.143. The molecule has 0 bridgehead atoms. The lowest BCUT2D eigenvalue weighted by atomic mass is 10.0. The summed E-state index contributed by atoms with van der Waals surface area (Å²) >= 11 is 6.27. The molecule has 3 aromatic rings. The topological polar surface area (TPSA) is 85.6 Å². The summed E-state index contributed by atoms with van der Waals surface area (Å²) in [6.07, 6.45) is 2.10. The molecule has 0 spiro atoms. The maximum Gasteiger partial charge on any atom is 0.349 e. The van der Waals surface area contributed by atoms with Crippen molar-refractivity contribution in [3.63, 3.8) is 0 Å². The Morgan fingerprint density at radius 2 is 2.00 bits per heavy atom. The summed E-state index contributed by atoms with van der Waals surface area (Å²) in [6, 6.07) is 13.0. The van der Waals surface area contributed by atoms with Gasteiger partial charge in [0.25, 0.3) is 5.91 Å². The van der Waals surface area contributed by atoms with Crippen molar-refractivity contribution >= 4 is 34.4 Å². The van der Waals surface area contributed by atoms with E-state index in [-0.39, 0.29) is 18.6 Å². The summed E-state index contributed by atoms with van der Waals surface area (Å²) < 4.78 is 10.5. The molecule has 2 aromatic carbocycles. The van der Waals surface area contributed by atoms with Crippen molar-refractivity contribution < 1.29 is 18.7 Å². The molecule has 1 heterocycles. The van der Waals surface area contributed by atoms with Crippen LogP contribution in [0.1, 0.15) is 40.9 Å². The van der Waals surface area contributed by atoms with Gasteiger partial charge in [-0.1, -0.05) is 54.1 Å². The largest absolute Gasteiger partial charge is 0.466 e. The van der Waals surface area contributed by atoms with E-state index in [2.05, 4.69) is 11.9 Å². The SMILES string of the molecule is C=CCc1cccc2cc(C(=O)N[C@H](CC(=O)OCC)c3ccccc3Cl)c(=O)oc12. The van der Waals surface area contributed by atoms with Gasteiger partial charge in [-0.05, 0) is 36.6 Å². The normalized spacial score (nSPS) is 11.7. The Balaban J connectivity index is 1.96. The molecule has 7 heteroatoms. The van der Waals surface area contributed by atoms with Crippen molar-refractivity contribution in [1.29, 1.82) is 0 Å². The number of esters is 1. The minimum Gasteiger partial charge on any atom is -0.466 e. The molecule has 0 radical (unpaired) electrons. The molecule has 0 unspecified atom stereocenters. The van der Waals surface area contributed by atoms with Crippen molar-refractivity contribution in [3.8, 4) is 0 Å². The second kappa shape index (κ2) is 10.1. The van der Waals surface area contributed by atoms with E-state index in [1.165, 1.54) is 6.07 Å². The van der Waals surface area contributed by atoms with Crippen LogP contribution in [-0.4, -0.2) is 18.5 Å². The van der Waals surface area contributed by atoms with Gasteiger partial charge in [0.2, 0.25) is 0 Å². The molecule has 0 aliphatic rings. The molecule has 0 aliphatic heterocycles. The van der Waals surface area contributed by atoms with Crippen molar-refractivity contribution in [2.45, 2.75) is 25.8 Å². The van der Waals surface area contributed by atoms with Crippen molar-refractivity contribution in [2.75, 3.05) is 6.61 Å². The first-order chi connectivity index (χ1) is 14.9. The molecule has 1 atom stereocenters. The lowest BCUT2D eigenvalue weighted by Gasteiger charge is -2.19. The summed E-state index contributed by atoms with van der Waals surface area (Å²) in [4.78, 5) is 37.6. The van der Waals surface area contributed by atoms with E-state index in [0.29, 0.717) is 28.0 Å². The van der Waals surface area contributed by atoms with Crippen LogP contribution in [0.3, 0.4) is 0 Å². The van der Waals surface area contributed by atoms with Gasteiger partial charge in [0.15, 0.2) is 0 Å². The minimum absolute atomic E-state index is 0.133. The fourth-order valence-electron chi connectivity index (χ4n) is 3.30. The van der Waals surface area contributed by atoms with Gasteiger partial charge in [-0.25, -0.2) is 4.79 Å². The Bertz CT molecular complexity index is 1180. The summed E-state index contributed by atoms with van der Waals surface area (Å²) in [6.45, 7) is 5.61. The van der Waals surface area contributed by atoms with Crippen molar-refractivity contribution in [3.05, 3.63) is 93.3 Å². The van der Waals surface area contributed by atoms with Gasteiger partial charge < -0.3 is 14.5 Å².